The summed E-state index contributed by atoms with van der Waals surface area (Å²) in [5.74, 6) is 1.84. The SMILES string of the molecule is CC(C)c1nccc2c1C(C(C)C)CCCCN2. The molecule has 0 aromatic carbocycles. The summed E-state index contributed by atoms with van der Waals surface area (Å²) >= 11 is 0. The fraction of sp³-hybridized carbons (Fsp3) is 0.688. The van der Waals surface area contributed by atoms with Crippen LogP contribution in [0, 0.1) is 5.92 Å². The Hall–Kier alpha value is -1.05. The van der Waals surface area contributed by atoms with Crippen LogP contribution in [0.2, 0.25) is 0 Å². The van der Waals surface area contributed by atoms with Gasteiger partial charge in [-0.15, -0.1) is 0 Å². The van der Waals surface area contributed by atoms with Crippen LogP contribution in [0.5, 0.6) is 0 Å². The number of anilines is 1. The Kier molecular flexibility index (Phi) is 4.26. The summed E-state index contributed by atoms with van der Waals surface area (Å²) < 4.78 is 0. The molecule has 0 amide bonds. The fourth-order valence-electron chi connectivity index (χ4n) is 3.02. The molecule has 2 nitrogen and oxygen atoms in total. The van der Waals surface area contributed by atoms with Crippen LogP contribution >= 0.6 is 0 Å². The molecule has 0 aliphatic carbocycles. The summed E-state index contributed by atoms with van der Waals surface area (Å²) in [6.07, 6.45) is 5.86. The summed E-state index contributed by atoms with van der Waals surface area (Å²) in [7, 11) is 0. The van der Waals surface area contributed by atoms with Gasteiger partial charge >= 0.3 is 0 Å². The maximum absolute atomic E-state index is 4.66. The minimum absolute atomic E-state index is 0.502. The topological polar surface area (TPSA) is 24.9 Å². The highest BCUT2D eigenvalue weighted by atomic mass is 14.9. The van der Waals surface area contributed by atoms with E-state index in [4.69, 9.17) is 0 Å². The minimum Gasteiger partial charge on any atom is -0.385 e. The monoisotopic (exact) mass is 246 g/mol. The Morgan fingerprint density at radius 2 is 2.00 bits per heavy atom. The van der Waals surface area contributed by atoms with E-state index >= 15 is 0 Å². The molecular weight excluding hydrogens is 220 g/mol. The lowest BCUT2D eigenvalue weighted by atomic mass is 9.80. The molecule has 2 rings (SSSR count). The van der Waals surface area contributed by atoms with Crippen LogP contribution in [-0.4, -0.2) is 11.5 Å². The molecule has 1 unspecified atom stereocenters. The lowest BCUT2D eigenvalue weighted by Gasteiger charge is -2.29. The van der Waals surface area contributed by atoms with Crippen LogP contribution in [0.1, 0.15) is 70.1 Å². The molecule has 1 aliphatic heterocycles. The molecule has 2 heterocycles. The molecule has 0 saturated carbocycles. The maximum atomic E-state index is 4.66. The lowest BCUT2D eigenvalue weighted by Crippen LogP contribution is -2.18. The predicted octanol–water partition coefficient (Wildman–Crippen LogP) is 4.54. The van der Waals surface area contributed by atoms with Crippen LogP contribution in [0.4, 0.5) is 5.69 Å². The van der Waals surface area contributed by atoms with Gasteiger partial charge in [0.2, 0.25) is 0 Å². The van der Waals surface area contributed by atoms with Gasteiger partial charge in [-0.1, -0.05) is 34.1 Å². The van der Waals surface area contributed by atoms with Crippen molar-refractivity contribution >= 4 is 5.69 Å². The van der Waals surface area contributed by atoms with Crippen LogP contribution < -0.4 is 5.32 Å². The first-order valence-corrected chi connectivity index (χ1v) is 7.34. The molecular formula is C16H26N2. The van der Waals surface area contributed by atoms with E-state index in [9.17, 15) is 0 Å². The molecule has 1 atom stereocenters. The molecule has 1 aromatic heterocycles. The number of nitrogens with zero attached hydrogens (tertiary/aromatic N) is 1. The molecule has 0 saturated heterocycles. The fourth-order valence-corrected chi connectivity index (χ4v) is 3.02. The van der Waals surface area contributed by atoms with Gasteiger partial charge in [-0.3, -0.25) is 4.98 Å². The van der Waals surface area contributed by atoms with Crippen molar-refractivity contribution in [2.24, 2.45) is 5.92 Å². The second-order valence-corrected chi connectivity index (χ2v) is 6.09. The normalized spacial score (nSPS) is 20.2. The average Bonchev–Trinajstić information content (AvgIpc) is 2.28. The van der Waals surface area contributed by atoms with E-state index in [-0.39, 0.29) is 0 Å². The van der Waals surface area contributed by atoms with Gasteiger partial charge < -0.3 is 5.32 Å². The van der Waals surface area contributed by atoms with Crippen molar-refractivity contribution in [1.82, 2.24) is 4.98 Å². The predicted molar refractivity (Wildman–Crippen MR) is 78.2 cm³/mol. The number of hydrogen-bond donors (Lipinski definition) is 1. The standard InChI is InChI=1S/C16H26N2/c1-11(2)13-7-5-6-9-17-14-8-10-18-16(12(3)4)15(13)14/h8,10-13,17H,5-7,9H2,1-4H3. The van der Waals surface area contributed by atoms with Crippen molar-refractivity contribution in [3.63, 3.8) is 0 Å². The zero-order valence-corrected chi connectivity index (χ0v) is 12.2. The van der Waals surface area contributed by atoms with Crippen LogP contribution in [0.25, 0.3) is 0 Å². The molecule has 18 heavy (non-hydrogen) atoms. The number of aromatic nitrogens is 1. The highest BCUT2D eigenvalue weighted by molar-refractivity contribution is 5.55. The molecule has 0 spiro atoms. The quantitative estimate of drug-likeness (QED) is 0.828. The van der Waals surface area contributed by atoms with E-state index in [0.29, 0.717) is 17.8 Å². The van der Waals surface area contributed by atoms with E-state index in [1.54, 1.807) is 0 Å². The Morgan fingerprint density at radius 1 is 1.22 bits per heavy atom. The van der Waals surface area contributed by atoms with Gasteiger partial charge in [0.05, 0.1) is 0 Å². The van der Waals surface area contributed by atoms with Gasteiger partial charge in [0.1, 0.15) is 0 Å². The first-order valence-electron chi connectivity index (χ1n) is 7.34. The third kappa shape index (κ3) is 2.68. The Morgan fingerprint density at radius 3 is 2.67 bits per heavy atom. The molecule has 1 aromatic rings. The van der Waals surface area contributed by atoms with Crippen molar-refractivity contribution in [2.75, 3.05) is 11.9 Å². The third-order valence-electron chi connectivity index (χ3n) is 4.00. The van der Waals surface area contributed by atoms with Gasteiger partial charge in [0.15, 0.2) is 0 Å². The van der Waals surface area contributed by atoms with Gasteiger partial charge in [-0.05, 0) is 36.7 Å². The zero-order chi connectivity index (χ0) is 13.1. The van der Waals surface area contributed by atoms with Gasteiger partial charge in [0, 0.05) is 29.7 Å². The van der Waals surface area contributed by atoms with E-state index in [1.807, 2.05) is 6.20 Å². The van der Waals surface area contributed by atoms with E-state index < -0.39 is 0 Å². The van der Waals surface area contributed by atoms with Crippen molar-refractivity contribution in [1.29, 1.82) is 0 Å². The number of nitrogens with one attached hydrogen (secondary N) is 1. The molecule has 1 N–H and O–H groups in total. The van der Waals surface area contributed by atoms with Crippen LogP contribution in [-0.2, 0) is 0 Å². The van der Waals surface area contributed by atoms with Gasteiger partial charge in [-0.25, -0.2) is 0 Å². The molecule has 0 radical (unpaired) electrons. The van der Waals surface area contributed by atoms with Crippen molar-refractivity contribution in [3.8, 4) is 0 Å². The third-order valence-corrected chi connectivity index (χ3v) is 4.00. The van der Waals surface area contributed by atoms with Crippen molar-refractivity contribution < 1.29 is 0 Å². The highest BCUT2D eigenvalue weighted by Gasteiger charge is 2.25. The highest BCUT2D eigenvalue weighted by Crippen LogP contribution is 2.39. The summed E-state index contributed by atoms with van der Waals surface area (Å²) in [6, 6.07) is 2.15. The van der Waals surface area contributed by atoms with Gasteiger partial charge in [-0.2, -0.15) is 0 Å². The number of rotatable bonds is 2. The summed E-state index contributed by atoms with van der Waals surface area (Å²) in [4.78, 5) is 4.66. The van der Waals surface area contributed by atoms with Gasteiger partial charge in [0.25, 0.3) is 0 Å². The smallest absolute Gasteiger partial charge is 0.0484 e. The Labute approximate surface area is 111 Å². The number of pyridine rings is 1. The molecule has 0 fully saturated rings. The average molecular weight is 246 g/mol. The van der Waals surface area contributed by atoms with E-state index in [1.165, 1.54) is 36.2 Å². The van der Waals surface area contributed by atoms with Crippen molar-refractivity contribution in [3.05, 3.63) is 23.5 Å². The first-order chi connectivity index (χ1) is 8.61. The number of hydrogen-bond acceptors (Lipinski definition) is 2. The molecule has 1 aliphatic rings. The summed E-state index contributed by atoms with van der Waals surface area (Å²) in [5.41, 5.74) is 4.11. The summed E-state index contributed by atoms with van der Waals surface area (Å²) in [6.45, 7) is 10.3. The Balaban J connectivity index is 2.51. The summed E-state index contributed by atoms with van der Waals surface area (Å²) in [5, 5.41) is 3.61. The van der Waals surface area contributed by atoms with E-state index in [2.05, 4.69) is 44.1 Å². The first kappa shape index (κ1) is 13.4. The lowest BCUT2D eigenvalue weighted by molar-refractivity contribution is 0.442. The van der Waals surface area contributed by atoms with Crippen LogP contribution in [0.3, 0.4) is 0 Å². The Bertz CT molecular complexity index is 396. The largest absolute Gasteiger partial charge is 0.385 e. The molecule has 2 heteroatoms. The van der Waals surface area contributed by atoms with E-state index in [0.717, 1.165) is 6.54 Å². The second-order valence-electron chi connectivity index (χ2n) is 6.09. The molecule has 100 valence electrons. The zero-order valence-electron chi connectivity index (χ0n) is 12.2. The minimum atomic E-state index is 0.502. The maximum Gasteiger partial charge on any atom is 0.0484 e. The number of fused-ring (bicyclic) bond motifs is 1. The van der Waals surface area contributed by atoms with Crippen molar-refractivity contribution in [2.45, 2.75) is 58.8 Å². The second kappa shape index (κ2) is 5.73. The van der Waals surface area contributed by atoms with Crippen LogP contribution in [0.15, 0.2) is 12.3 Å². The molecule has 0 bridgehead atoms.